The van der Waals surface area contributed by atoms with Crippen molar-refractivity contribution in [3.63, 3.8) is 0 Å². The van der Waals surface area contributed by atoms with Crippen LogP contribution in [0.25, 0.3) is 0 Å². The second-order valence-corrected chi connectivity index (χ2v) is 5.82. The summed E-state index contributed by atoms with van der Waals surface area (Å²) in [5, 5.41) is 6.66. The zero-order valence-corrected chi connectivity index (χ0v) is 14.9. The highest BCUT2D eigenvalue weighted by Gasteiger charge is 2.11. The van der Waals surface area contributed by atoms with Gasteiger partial charge in [-0.15, -0.1) is 0 Å². The fraction of sp³-hybridized carbons (Fsp3) is 0.824. The second kappa shape index (κ2) is 12.7. The van der Waals surface area contributed by atoms with Crippen molar-refractivity contribution in [2.24, 2.45) is 4.99 Å². The first-order chi connectivity index (χ1) is 10.0. The van der Waals surface area contributed by atoms with Crippen LogP contribution in [0.15, 0.2) is 17.1 Å². The zero-order chi connectivity index (χ0) is 16.1. The Hall–Kier alpha value is -1.03. The molecule has 0 amide bonds. The molecule has 0 bridgehead atoms. The molecule has 0 radical (unpaired) electrons. The summed E-state index contributed by atoms with van der Waals surface area (Å²) in [6.45, 7) is 17.0. The predicted octanol–water partition coefficient (Wildman–Crippen LogP) is 3.02. The Morgan fingerprint density at radius 1 is 1.14 bits per heavy atom. The summed E-state index contributed by atoms with van der Waals surface area (Å²) in [6, 6.07) is 1.20. The molecule has 21 heavy (non-hydrogen) atoms. The van der Waals surface area contributed by atoms with Gasteiger partial charge in [0.25, 0.3) is 0 Å². The van der Waals surface area contributed by atoms with E-state index in [4.69, 9.17) is 0 Å². The van der Waals surface area contributed by atoms with E-state index in [1.165, 1.54) is 0 Å². The SMILES string of the molecule is C/C=C/CCNC(=NCCCN(C(C)C)C(C)C)NCC. The van der Waals surface area contributed by atoms with Gasteiger partial charge in [-0.3, -0.25) is 9.89 Å². The average Bonchev–Trinajstić information content (AvgIpc) is 2.42. The number of hydrogen-bond donors (Lipinski definition) is 2. The van der Waals surface area contributed by atoms with E-state index in [0.29, 0.717) is 12.1 Å². The Bertz CT molecular complexity index is 287. The van der Waals surface area contributed by atoms with Crippen molar-refractivity contribution in [3.8, 4) is 0 Å². The number of nitrogens with zero attached hydrogens (tertiary/aromatic N) is 2. The van der Waals surface area contributed by atoms with Gasteiger partial charge in [0.15, 0.2) is 5.96 Å². The molecule has 0 fully saturated rings. The first-order valence-electron chi connectivity index (χ1n) is 8.42. The molecule has 0 aromatic heterocycles. The minimum absolute atomic E-state index is 0.598. The minimum Gasteiger partial charge on any atom is -0.357 e. The van der Waals surface area contributed by atoms with Crippen molar-refractivity contribution in [2.75, 3.05) is 26.2 Å². The highest BCUT2D eigenvalue weighted by Crippen LogP contribution is 2.05. The average molecular weight is 297 g/mol. The molecule has 0 aromatic carbocycles. The fourth-order valence-corrected chi connectivity index (χ4v) is 2.34. The number of rotatable bonds is 10. The van der Waals surface area contributed by atoms with Gasteiger partial charge in [0.2, 0.25) is 0 Å². The summed E-state index contributed by atoms with van der Waals surface area (Å²) in [5.41, 5.74) is 0. The Morgan fingerprint density at radius 2 is 1.81 bits per heavy atom. The third-order valence-electron chi connectivity index (χ3n) is 3.35. The topological polar surface area (TPSA) is 39.7 Å². The van der Waals surface area contributed by atoms with Gasteiger partial charge in [-0.2, -0.15) is 0 Å². The summed E-state index contributed by atoms with van der Waals surface area (Å²) in [4.78, 5) is 7.16. The van der Waals surface area contributed by atoms with Crippen molar-refractivity contribution >= 4 is 5.96 Å². The smallest absolute Gasteiger partial charge is 0.191 e. The highest BCUT2D eigenvalue weighted by atomic mass is 15.2. The maximum absolute atomic E-state index is 4.65. The van der Waals surface area contributed by atoms with E-state index in [2.05, 4.69) is 74.2 Å². The standard InChI is InChI=1S/C17H36N4/c1-7-9-10-12-19-17(18-8-2)20-13-11-14-21(15(3)4)16(5)6/h7,9,15-16H,8,10-14H2,1-6H3,(H2,18,19,20)/b9-7+. The molecule has 4 heteroatoms. The van der Waals surface area contributed by atoms with Crippen LogP contribution in [0.5, 0.6) is 0 Å². The molecule has 0 saturated carbocycles. The molecule has 124 valence electrons. The van der Waals surface area contributed by atoms with Crippen molar-refractivity contribution < 1.29 is 0 Å². The van der Waals surface area contributed by atoms with Crippen molar-refractivity contribution in [3.05, 3.63) is 12.2 Å². The van der Waals surface area contributed by atoms with Crippen LogP contribution in [0, 0.1) is 0 Å². The van der Waals surface area contributed by atoms with E-state index in [0.717, 1.165) is 45.0 Å². The van der Waals surface area contributed by atoms with Crippen LogP contribution >= 0.6 is 0 Å². The lowest BCUT2D eigenvalue weighted by molar-refractivity contribution is 0.174. The van der Waals surface area contributed by atoms with E-state index in [1.807, 2.05) is 0 Å². The van der Waals surface area contributed by atoms with Gasteiger partial charge in [-0.25, -0.2) is 0 Å². The maximum atomic E-state index is 4.65. The monoisotopic (exact) mass is 296 g/mol. The lowest BCUT2D eigenvalue weighted by Gasteiger charge is -2.30. The Labute approximate surface area is 132 Å². The lowest BCUT2D eigenvalue weighted by atomic mass is 10.2. The molecule has 0 aliphatic carbocycles. The van der Waals surface area contributed by atoms with E-state index < -0.39 is 0 Å². The Balaban J connectivity index is 4.12. The minimum atomic E-state index is 0.598. The van der Waals surface area contributed by atoms with Crippen LogP contribution in [-0.2, 0) is 0 Å². The third-order valence-corrected chi connectivity index (χ3v) is 3.35. The lowest BCUT2D eigenvalue weighted by Crippen LogP contribution is -2.39. The molecule has 0 unspecified atom stereocenters. The maximum Gasteiger partial charge on any atom is 0.191 e. The van der Waals surface area contributed by atoms with Crippen LogP contribution in [0.2, 0.25) is 0 Å². The molecule has 2 N–H and O–H groups in total. The first kappa shape index (κ1) is 20.0. The van der Waals surface area contributed by atoms with Crippen LogP contribution < -0.4 is 10.6 Å². The summed E-state index contributed by atoms with van der Waals surface area (Å²) in [7, 11) is 0. The number of allylic oxidation sites excluding steroid dienone is 1. The third kappa shape index (κ3) is 10.4. The van der Waals surface area contributed by atoms with Crippen LogP contribution in [-0.4, -0.2) is 49.1 Å². The van der Waals surface area contributed by atoms with E-state index in [-0.39, 0.29) is 0 Å². The van der Waals surface area contributed by atoms with Crippen LogP contribution in [0.3, 0.4) is 0 Å². The first-order valence-corrected chi connectivity index (χ1v) is 8.42. The van der Waals surface area contributed by atoms with E-state index >= 15 is 0 Å². The molecule has 0 heterocycles. The Morgan fingerprint density at radius 3 is 2.33 bits per heavy atom. The molecule has 0 rings (SSSR count). The summed E-state index contributed by atoms with van der Waals surface area (Å²) < 4.78 is 0. The molecular formula is C17H36N4. The normalized spacial score (nSPS) is 12.9. The van der Waals surface area contributed by atoms with Gasteiger partial charge in [0.1, 0.15) is 0 Å². The number of aliphatic imine (C=N–C) groups is 1. The van der Waals surface area contributed by atoms with E-state index in [9.17, 15) is 0 Å². The number of hydrogen-bond acceptors (Lipinski definition) is 2. The molecule has 0 aliphatic heterocycles. The van der Waals surface area contributed by atoms with Crippen LogP contribution in [0.1, 0.15) is 54.4 Å². The number of nitrogens with one attached hydrogen (secondary N) is 2. The largest absolute Gasteiger partial charge is 0.357 e. The van der Waals surface area contributed by atoms with Gasteiger partial charge in [-0.05, 0) is 54.4 Å². The second-order valence-electron chi connectivity index (χ2n) is 5.82. The zero-order valence-electron chi connectivity index (χ0n) is 14.9. The quantitative estimate of drug-likeness (QED) is 0.282. The molecule has 0 saturated heterocycles. The molecule has 0 aliphatic rings. The molecular weight excluding hydrogens is 260 g/mol. The fourth-order valence-electron chi connectivity index (χ4n) is 2.34. The van der Waals surface area contributed by atoms with Crippen molar-refractivity contribution in [1.29, 1.82) is 0 Å². The van der Waals surface area contributed by atoms with Crippen LogP contribution in [0.4, 0.5) is 0 Å². The van der Waals surface area contributed by atoms with E-state index in [1.54, 1.807) is 0 Å². The van der Waals surface area contributed by atoms with Crippen molar-refractivity contribution in [1.82, 2.24) is 15.5 Å². The van der Waals surface area contributed by atoms with Crippen molar-refractivity contribution in [2.45, 2.75) is 66.5 Å². The van der Waals surface area contributed by atoms with Gasteiger partial charge < -0.3 is 10.6 Å². The molecule has 0 atom stereocenters. The Kier molecular flexibility index (Phi) is 12.1. The van der Waals surface area contributed by atoms with Gasteiger partial charge in [-0.1, -0.05) is 12.2 Å². The molecule has 4 nitrogen and oxygen atoms in total. The summed E-state index contributed by atoms with van der Waals surface area (Å²) in [6.07, 6.45) is 6.38. The van der Waals surface area contributed by atoms with Gasteiger partial charge in [0.05, 0.1) is 0 Å². The highest BCUT2D eigenvalue weighted by molar-refractivity contribution is 5.79. The summed E-state index contributed by atoms with van der Waals surface area (Å²) >= 11 is 0. The molecule has 0 spiro atoms. The number of guanidine groups is 1. The predicted molar refractivity (Wildman–Crippen MR) is 95.0 cm³/mol. The summed E-state index contributed by atoms with van der Waals surface area (Å²) in [5.74, 6) is 0.933. The molecule has 0 aromatic rings. The van der Waals surface area contributed by atoms with Gasteiger partial charge >= 0.3 is 0 Å². The van der Waals surface area contributed by atoms with Gasteiger partial charge in [0, 0.05) is 38.3 Å².